The van der Waals surface area contributed by atoms with E-state index in [1.807, 2.05) is 12.1 Å². The van der Waals surface area contributed by atoms with Crippen LogP contribution in [0.4, 0.5) is 0 Å². The number of hydrogen-bond donors (Lipinski definition) is 0. The Hall–Kier alpha value is -1.49. The number of pyridine rings is 1. The molecule has 1 fully saturated rings. The number of aryl methyl sites for hydroxylation is 1. The van der Waals surface area contributed by atoms with Crippen molar-refractivity contribution in [3.8, 4) is 6.07 Å². The van der Waals surface area contributed by atoms with Gasteiger partial charge in [0.05, 0.1) is 25.0 Å². The molecule has 0 aliphatic carbocycles. The quantitative estimate of drug-likeness (QED) is 0.786. The molecule has 1 aromatic heterocycles. The van der Waals surface area contributed by atoms with Crippen molar-refractivity contribution in [1.82, 2.24) is 9.29 Å². The minimum absolute atomic E-state index is 0.00214. The molecule has 1 aliphatic rings. The van der Waals surface area contributed by atoms with Crippen LogP contribution in [0.25, 0.3) is 0 Å². The number of aromatic nitrogens is 1. The maximum atomic E-state index is 12.2. The minimum Gasteiger partial charge on any atom is -0.361 e. The fourth-order valence-corrected chi connectivity index (χ4v) is 3.31. The standard InChI is InChI=1S/C12H15N3O3S/c13-9-12-10-15(6-7-18-12)19(16,17)8-4-11-3-1-2-5-14-11/h1-3,5,12H,4,6-8,10H2. The Bertz CT molecular complexity index is 553. The Kier molecular flexibility index (Phi) is 4.47. The van der Waals surface area contributed by atoms with Gasteiger partial charge in [-0.2, -0.15) is 9.57 Å². The highest BCUT2D eigenvalue weighted by Crippen LogP contribution is 2.11. The highest BCUT2D eigenvalue weighted by molar-refractivity contribution is 7.89. The normalized spacial score (nSPS) is 20.9. The molecule has 0 bridgehead atoms. The van der Waals surface area contributed by atoms with Crippen LogP contribution in [0.15, 0.2) is 24.4 Å². The topological polar surface area (TPSA) is 83.3 Å². The maximum Gasteiger partial charge on any atom is 0.214 e. The lowest BCUT2D eigenvalue weighted by Crippen LogP contribution is -2.46. The van der Waals surface area contributed by atoms with Gasteiger partial charge < -0.3 is 4.74 Å². The summed E-state index contributed by atoms with van der Waals surface area (Å²) in [5, 5.41) is 8.78. The molecule has 6 nitrogen and oxygen atoms in total. The third-order valence-corrected chi connectivity index (χ3v) is 4.75. The monoisotopic (exact) mass is 281 g/mol. The van der Waals surface area contributed by atoms with Crippen molar-refractivity contribution in [3.63, 3.8) is 0 Å². The second-order valence-corrected chi connectivity index (χ2v) is 6.32. The van der Waals surface area contributed by atoms with Gasteiger partial charge in [-0.25, -0.2) is 8.42 Å². The molecule has 1 aliphatic heterocycles. The van der Waals surface area contributed by atoms with E-state index >= 15 is 0 Å². The van der Waals surface area contributed by atoms with Crippen molar-refractivity contribution in [1.29, 1.82) is 5.26 Å². The molecule has 0 radical (unpaired) electrons. The summed E-state index contributed by atoms with van der Waals surface area (Å²) < 4.78 is 30.8. The lowest BCUT2D eigenvalue weighted by Gasteiger charge is -2.28. The molecule has 7 heteroatoms. The summed E-state index contributed by atoms with van der Waals surface area (Å²) in [6.45, 7) is 0.685. The van der Waals surface area contributed by atoms with Gasteiger partial charge in [-0.3, -0.25) is 4.98 Å². The van der Waals surface area contributed by atoms with E-state index in [0.717, 1.165) is 5.69 Å². The van der Waals surface area contributed by atoms with Crippen LogP contribution in [-0.2, 0) is 21.2 Å². The number of morpholine rings is 1. The molecule has 0 saturated carbocycles. The largest absolute Gasteiger partial charge is 0.361 e. The van der Waals surface area contributed by atoms with Gasteiger partial charge in [0.15, 0.2) is 6.10 Å². The fourth-order valence-electron chi connectivity index (χ4n) is 1.87. The van der Waals surface area contributed by atoms with Crippen LogP contribution in [0.1, 0.15) is 5.69 Å². The molecule has 0 aromatic carbocycles. The van der Waals surface area contributed by atoms with Gasteiger partial charge in [0.2, 0.25) is 10.0 Å². The molecular weight excluding hydrogens is 266 g/mol. The number of nitrogens with zero attached hydrogens (tertiary/aromatic N) is 3. The molecule has 2 rings (SSSR count). The summed E-state index contributed by atoms with van der Waals surface area (Å²) >= 11 is 0. The molecule has 0 N–H and O–H groups in total. The third kappa shape index (κ3) is 3.73. The van der Waals surface area contributed by atoms with Crippen molar-refractivity contribution in [2.24, 2.45) is 0 Å². The molecule has 1 saturated heterocycles. The number of rotatable bonds is 4. The molecule has 19 heavy (non-hydrogen) atoms. The number of ether oxygens (including phenoxy) is 1. The molecule has 0 amide bonds. The zero-order valence-electron chi connectivity index (χ0n) is 10.4. The number of hydrogen-bond acceptors (Lipinski definition) is 5. The van der Waals surface area contributed by atoms with E-state index < -0.39 is 16.1 Å². The molecule has 102 valence electrons. The average molecular weight is 281 g/mol. The minimum atomic E-state index is -3.36. The summed E-state index contributed by atoms with van der Waals surface area (Å²) in [6, 6.07) is 7.36. The SMILES string of the molecule is N#CC1CN(S(=O)(=O)CCc2ccccn2)CCO1. The first kappa shape index (κ1) is 13.9. The van der Waals surface area contributed by atoms with Gasteiger partial charge in [-0.1, -0.05) is 6.07 Å². The van der Waals surface area contributed by atoms with E-state index in [9.17, 15) is 8.42 Å². The van der Waals surface area contributed by atoms with E-state index in [0.29, 0.717) is 13.0 Å². The number of nitriles is 1. The first-order valence-corrected chi connectivity index (χ1v) is 7.62. The van der Waals surface area contributed by atoms with Crippen molar-refractivity contribution in [2.75, 3.05) is 25.4 Å². The Morgan fingerprint density at radius 2 is 2.37 bits per heavy atom. The van der Waals surface area contributed by atoms with E-state index in [4.69, 9.17) is 10.00 Å². The first-order valence-electron chi connectivity index (χ1n) is 6.01. The van der Waals surface area contributed by atoms with E-state index in [-0.39, 0.29) is 18.9 Å². The highest BCUT2D eigenvalue weighted by atomic mass is 32.2. The number of sulfonamides is 1. The van der Waals surface area contributed by atoms with Gasteiger partial charge in [0, 0.05) is 24.9 Å². The Morgan fingerprint density at radius 1 is 1.53 bits per heavy atom. The second-order valence-electron chi connectivity index (χ2n) is 4.23. The molecule has 0 spiro atoms. The van der Waals surface area contributed by atoms with Crippen LogP contribution in [0.3, 0.4) is 0 Å². The van der Waals surface area contributed by atoms with Gasteiger partial charge in [-0.15, -0.1) is 0 Å². The Labute approximate surface area is 112 Å². The van der Waals surface area contributed by atoms with Crippen LogP contribution in [-0.4, -0.2) is 49.3 Å². The second kappa shape index (κ2) is 6.10. The van der Waals surface area contributed by atoms with Crippen molar-refractivity contribution >= 4 is 10.0 Å². The summed E-state index contributed by atoms with van der Waals surface area (Å²) in [7, 11) is -3.36. The fraction of sp³-hybridized carbons (Fsp3) is 0.500. The van der Waals surface area contributed by atoms with Gasteiger partial charge in [0.25, 0.3) is 0 Å². The summed E-state index contributed by atoms with van der Waals surface area (Å²) in [5.74, 6) is 0.00214. The van der Waals surface area contributed by atoms with Gasteiger partial charge in [0.1, 0.15) is 0 Å². The smallest absolute Gasteiger partial charge is 0.214 e. The molecule has 1 atom stereocenters. The maximum absolute atomic E-state index is 12.2. The van der Waals surface area contributed by atoms with E-state index in [2.05, 4.69) is 4.98 Å². The van der Waals surface area contributed by atoms with Crippen molar-refractivity contribution in [2.45, 2.75) is 12.5 Å². The average Bonchev–Trinajstić information content (AvgIpc) is 2.46. The highest BCUT2D eigenvalue weighted by Gasteiger charge is 2.29. The lowest BCUT2D eigenvalue weighted by atomic mass is 10.3. The van der Waals surface area contributed by atoms with Crippen LogP contribution in [0, 0.1) is 11.3 Å². The Balaban J connectivity index is 1.97. The lowest BCUT2D eigenvalue weighted by molar-refractivity contribution is 0.0311. The first-order chi connectivity index (χ1) is 9.12. The zero-order valence-corrected chi connectivity index (χ0v) is 11.2. The third-order valence-electron chi connectivity index (χ3n) is 2.91. The summed E-state index contributed by atoms with van der Waals surface area (Å²) in [5.41, 5.74) is 0.746. The molecule has 1 aromatic rings. The van der Waals surface area contributed by atoms with Crippen LogP contribution in [0.2, 0.25) is 0 Å². The van der Waals surface area contributed by atoms with Crippen LogP contribution < -0.4 is 0 Å². The predicted molar refractivity (Wildman–Crippen MR) is 68.7 cm³/mol. The zero-order chi connectivity index (χ0) is 13.7. The van der Waals surface area contributed by atoms with E-state index in [1.165, 1.54) is 4.31 Å². The Morgan fingerprint density at radius 3 is 3.05 bits per heavy atom. The summed E-state index contributed by atoms with van der Waals surface area (Å²) in [4.78, 5) is 4.10. The van der Waals surface area contributed by atoms with Crippen LogP contribution >= 0.6 is 0 Å². The van der Waals surface area contributed by atoms with Crippen molar-refractivity contribution in [3.05, 3.63) is 30.1 Å². The van der Waals surface area contributed by atoms with Gasteiger partial charge >= 0.3 is 0 Å². The summed E-state index contributed by atoms with van der Waals surface area (Å²) in [6.07, 6.45) is 1.35. The molecule has 2 heterocycles. The van der Waals surface area contributed by atoms with Crippen molar-refractivity contribution < 1.29 is 13.2 Å². The van der Waals surface area contributed by atoms with Crippen LogP contribution in [0.5, 0.6) is 0 Å². The molecule has 1 unspecified atom stereocenters. The predicted octanol–water partition coefficient (Wildman–Crippen LogP) is 0.178. The molecular formula is C12H15N3O3S. The van der Waals surface area contributed by atoms with E-state index in [1.54, 1.807) is 18.3 Å². The van der Waals surface area contributed by atoms with Gasteiger partial charge in [-0.05, 0) is 12.1 Å².